The van der Waals surface area contributed by atoms with E-state index in [0.29, 0.717) is 26.1 Å². The van der Waals surface area contributed by atoms with Gasteiger partial charge in [0, 0.05) is 32.6 Å². The molecule has 3 aliphatic rings. The Balaban J connectivity index is 0.00000259. The molecule has 1 aromatic carbocycles. The molecule has 0 radical (unpaired) electrons. The lowest BCUT2D eigenvalue weighted by Crippen LogP contribution is -2.38. The lowest BCUT2D eigenvalue weighted by Gasteiger charge is -2.16. The van der Waals surface area contributed by atoms with E-state index >= 15 is 0 Å². The molecule has 5 rings (SSSR count). The predicted octanol–water partition coefficient (Wildman–Crippen LogP) is 2.48. The number of hydrogen-bond donors (Lipinski definition) is 3. The van der Waals surface area contributed by atoms with Gasteiger partial charge in [-0.15, -0.1) is 24.0 Å². The largest absolute Gasteiger partial charge is 0.357 e. The van der Waals surface area contributed by atoms with Crippen LogP contribution in [0.3, 0.4) is 0 Å². The second-order valence-corrected chi connectivity index (χ2v) is 8.82. The summed E-state index contributed by atoms with van der Waals surface area (Å²) in [5.41, 5.74) is 2.02. The molecule has 2 fully saturated rings. The summed E-state index contributed by atoms with van der Waals surface area (Å²) in [5.74, 6) is 2.03. The van der Waals surface area contributed by atoms with Crippen LogP contribution in [0.4, 0.5) is 0 Å². The van der Waals surface area contributed by atoms with Gasteiger partial charge in [0.05, 0.1) is 22.9 Å². The molecule has 1 saturated heterocycles. The predicted molar refractivity (Wildman–Crippen MR) is 138 cm³/mol. The number of rotatable bonds is 8. The van der Waals surface area contributed by atoms with Gasteiger partial charge < -0.3 is 15.6 Å². The van der Waals surface area contributed by atoms with Crippen molar-refractivity contribution in [3.63, 3.8) is 0 Å². The fraction of sp³-hybridized carbons (Fsp3) is 0.500. The molecule has 33 heavy (non-hydrogen) atoms. The van der Waals surface area contributed by atoms with Crippen molar-refractivity contribution in [1.82, 2.24) is 25.5 Å². The zero-order valence-corrected chi connectivity index (χ0v) is 21.1. The van der Waals surface area contributed by atoms with E-state index in [1.807, 2.05) is 31.2 Å². The minimum absolute atomic E-state index is 0. The molecule has 176 valence electrons. The van der Waals surface area contributed by atoms with Crippen LogP contribution in [0.1, 0.15) is 25.6 Å². The number of guanidine groups is 1. The number of fused-ring (bicyclic) bond motifs is 6. The van der Waals surface area contributed by atoms with Crippen molar-refractivity contribution >= 4 is 52.8 Å². The highest BCUT2D eigenvalue weighted by Gasteiger charge is 2.58. The van der Waals surface area contributed by atoms with Gasteiger partial charge in [0.25, 0.3) is 0 Å². The van der Waals surface area contributed by atoms with E-state index in [9.17, 15) is 9.59 Å². The number of hydrogen-bond acceptors (Lipinski definition) is 4. The van der Waals surface area contributed by atoms with Crippen LogP contribution in [0.5, 0.6) is 0 Å². The van der Waals surface area contributed by atoms with Crippen molar-refractivity contribution in [3.05, 3.63) is 42.2 Å². The van der Waals surface area contributed by atoms with Gasteiger partial charge in [0.15, 0.2) is 5.96 Å². The maximum absolute atomic E-state index is 12.8. The first-order valence-electron chi connectivity index (χ1n) is 11.6. The molecule has 2 aliphatic carbocycles. The van der Waals surface area contributed by atoms with Crippen molar-refractivity contribution in [2.24, 2.45) is 28.7 Å². The Morgan fingerprint density at radius 1 is 1.15 bits per heavy atom. The van der Waals surface area contributed by atoms with Crippen LogP contribution >= 0.6 is 24.0 Å². The fourth-order valence-corrected chi connectivity index (χ4v) is 5.37. The summed E-state index contributed by atoms with van der Waals surface area (Å²) in [6, 6.07) is 8.00. The van der Waals surface area contributed by atoms with Crippen molar-refractivity contribution < 1.29 is 9.59 Å². The summed E-state index contributed by atoms with van der Waals surface area (Å²) in [4.78, 5) is 39.6. The van der Waals surface area contributed by atoms with E-state index in [-0.39, 0.29) is 59.5 Å². The molecule has 3 N–H and O–H groups in total. The number of nitrogens with zero attached hydrogens (tertiary/aromatic N) is 3. The number of imidazole rings is 1. The molecular formula is C24H31IN6O2. The minimum Gasteiger partial charge on any atom is -0.357 e. The van der Waals surface area contributed by atoms with Crippen LogP contribution in [-0.4, -0.2) is 58.8 Å². The number of nitrogens with one attached hydrogen (secondary N) is 3. The summed E-state index contributed by atoms with van der Waals surface area (Å²) in [6.07, 6.45) is 6.65. The molecule has 1 aromatic heterocycles. The Kier molecular flexibility index (Phi) is 7.35. The Labute approximate surface area is 210 Å². The number of halogens is 1. The van der Waals surface area contributed by atoms with Gasteiger partial charge in [0.1, 0.15) is 5.82 Å². The zero-order valence-electron chi connectivity index (χ0n) is 18.8. The topological polar surface area (TPSA) is 102 Å². The summed E-state index contributed by atoms with van der Waals surface area (Å²) in [6.45, 7) is 4.50. The van der Waals surface area contributed by atoms with Crippen LogP contribution in [0.25, 0.3) is 11.0 Å². The van der Waals surface area contributed by atoms with Gasteiger partial charge in [-0.25, -0.2) is 4.98 Å². The van der Waals surface area contributed by atoms with Gasteiger partial charge in [-0.1, -0.05) is 24.3 Å². The molecule has 2 bridgehead atoms. The number of amides is 2. The third kappa shape index (κ3) is 4.64. The number of carbonyl (C=O) groups is 2. The number of imide groups is 1. The Morgan fingerprint density at radius 2 is 1.88 bits per heavy atom. The van der Waals surface area contributed by atoms with E-state index in [1.54, 1.807) is 0 Å². The standard InChI is InChI=1S/C24H30N6O2.HI/c1-2-25-24(27-12-10-19-28-17-6-3-4-7-18(17)29-19)26-11-5-13-30-22(31)20-15-8-9-16(14-15)21(20)23(30)32;/h3-4,6-9,15-16,20-21H,2,5,10-14H2,1H3,(H,28,29)(H2,25,26,27);1H. The molecule has 0 spiro atoms. The first-order valence-corrected chi connectivity index (χ1v) is 11.6. The zero-order chi connectivity index (χ0) is 22.1. The third-order valence-corrected chi connectivity index (χ3v) is 6.81. The van der Waals surface area contributed by atoms with Gasteiger partial charge in [0.2, 0.25) is 11.8 Å². The maximum atomic E-state index is 12.8. The van der Waals surface area contributed by atoms with Crippen LogP contribution in [0.2, 0.25) is 0 Å². The monoisotopic (exact) mass is 562 g/mol. The summed E-state index contributed by atoms with van der Waals surface area (Å²) < 4.78 is 0. The van der Waals surface area contributed by atoms with Gasteiger partial charge >= 0.3 is 0 Å². The molecule has 1 aliphatic heterocycles. The fourth-order valence-electron chi connectivity index (χ4n) is 5.37. The van der Waals surface area contributed by atoms with Crippen molar-refractivity contribution in [2.45, 2.75) is 26.2 Å². The number of likely N-dealkylation sites (tertiary alicyclic amines) is 1. The number of allylic oxidation sites excluding steroid dienone is 2. The highest BCUT2D eigenvalue weighted by atomic mass is 127. The third-order valence-electron chi connectivity index (χ3n) is 6.81. The van der Waals surface area contributed by atoms with Crippen LogP contribution < -0.4 is 10.6 Å². The summed E-state index contributed by atoms with van der Waals surface area (Å²) >= 11 is 0. The Hall–Kier alpha value is -2.43. The number of aromatic nitrogens is 2. The molecule has 2 amide bonds. The van der Waals surface area contributed by atoms with Crippen LogP contribution in [-0.2, 0) is 16.0 Å². The number of H-pyrrole nitrogens is 1. The van der Waals surface area contributed by atoms with E-state index in [1.165, 1.54) is 4.90 Å². The lowest BCUT2D eigenvalue weighted by atomic mass is 9.85. The molecule has 4 unspecified atom stereocenters. The molecule has 2 heterocycles. The van der Waals surface area contributed by atoms with Crippen LogP contribution in [0.15, 0.2) is 41.4 Å². The number of para-hydroxylation sites is 2. The van der Waals surface area contributed by atoms with E-state index < -0.39 is 0 Å². The number of carbonyl (C=O) groups excluding carboxylic acids is 2. The molecule has 8 nitrogen and oxygen atoms in total. The molecule has 2 aromatic rings. The summed E-state index contributed by atoms with van der Waals surface area (Å²) in [5, 5.41) is 6.58. The minimum atomic E-state index is -0.113. The molecular weight excluding hydrogens is 531 g/mol. The van der Waals surface area contributed by atoms with Gasteiger partial charge in [-0.2, -0.15) is 0 Å². The highest BCUT2D eigenvalue weighted by molar-refractivity contribution is 14.0. The number of aliphatic imine (C=N–C) groups is 1. The summed E-state index contributed by atoms with van der Waals surface area (Å²) in [7, 11) is 0. The van der Waals surface area contributed by atoms with Gasteiger partial charge in [-0.05, 0) is 43.7 Å². The van der Waals surface area contributed by atoms with E-state index in [4.69, 9.17) is 0 Å². The average Bonchev–Trinajstić information content (AvgIpc) is 3.55. The lowest BCUT2D eigenvalue weighted by molar-refractivity contribution is -0.140. The SMILES string of the molecule is CCNC(=NCCCN1C(=O)C2C3C=CC(C3)C2C1=O)NCCc1nc2ccccc2[nH]1.I. The second kappa shape index (κ2) is 10.2. The Morgan fingerprint density at radius 3 is 2.58 bits per heavy atom. The second-order valence-electron chi connectivity index (χ2n) is 8.82. The van der Waals surface area contributed by atoms with E-state index in [0.717, 1.165) is 42.2 Å². The molecule has 4 atom stereocenters. The first kappa shape index (κ1) is 23.7. The number of benzene rings is 1. The number of aromatic amines is 1. The molecule has 9 heteroatoms. The quantitative estimate of drug-likeness (QED) is 0.115. The molecule has 1 saturated carbocycles. The maximum Gasteiger partial charge on any atom is 0.233 e. The van der Waals surface area contributed by atoms with Crippen molar-refractivity contribution in [2.75, 3.05) is 26.2 Å². The van der Waals surface area contributed by atoms with Crippen LogP contribution in [0, 0.1) is 23.7 Å². The highest BCUT2D eigenvalue weighted by Crippen LogP contribution is 2.52. The van der Waals surface area contributed by atoms with Crippen molar-refractivity contribution in [3.8, 4) is 0 Å². The van der Waals surface area contributed by atoms with Crippen molar-refractivity contribution in [1.29, 1.82) is 0 Å². The van der Waals surface area contributed by atoms with E-state index in [2.05, 4.69) is 37.7 Å². The normalized spacial score (nSPS) is 25.6. The first-order chi connectivity index (χ1) is 15.7. The smallest absolute Gasteiger partial charge is 0.233 e. The van der Waals surface area contributed by atoms with Gasteiger partial charge in [-0.3, -0.25) is 19.5 Å². The average molecular weight is 562 g/mol. The Bertz CT molecular complexity index is 1020.